The summed E-state index contributed by atoms with van der Waals surface area (Å²) >= 11 is 0. The number of benzene rings is 1. The number of rotatable bonds is 5. The highest BCUT2D eigenvalue weighted by molar-refractivity contribution is 6.07. The molecule has 0 saturated carbocycles. The molecule has 0 bridgehead atoms. The lowest BCUT2D eigenvalue weighted by Crippen LogP contribution is -2.44. The number of hydrogen-bond acceptors (Lipinski definition) is 7. The number of nitrogens with zero attached hydrogens (tertiary/aromatic N) is 6. The number of anilines is 1. The standard InChI is InChI=1S/C26H27N7O4/c1-3-4-12-32-22-21(20(25(35)36)23(32)31-11-7-9-17(27)14-31)30(2)26(37)33(24(22)34)15-19-28-13-16-8-5-6-10-18(16)29-19/h5-6,8,10,13,17H,7,9,11-12,14-15,27H2,1-2H3,(H,35,36)/t17-/m1/s1. The number of carboxylic acid groups (broad SMARTS) is 1. The largest absolute Gasteiger partial charge is 0.477 e. The zero-order chi connectivity index (χ0) is 26.3. The van der Waals surface area contributed by atoms with Crippen LogP contribution in [0.2, 0.25) is 0 Å². The average Bonchev–Trinajstić information content (AvgIpc) is 3.24. The van der Waals surface area contributed by atoms with E-state index in [1.165, 1.54) is 11.6 Å². The third kappa shape index (κ3) is 4.15. The number of nitrogens with two attached hydrogens (primary N) is 1. The van der Waals surface area contributed by atoms with E-state index in [1.54, 1.807) is 17.7 Å². The van der Waals surface area contributed by atoms with Gasteiger partial charge in [0.2, 0.25) is 0 Å². The molecule has 4 aromatic rings. The van der Waals surface area contributed by atoms with Crippen molar-refractivity contribution in [2.24, 2.45) is 12.8 Å². The maximum atomic E-state index is 13.9. The van der Waals surface area contributed by atoms with E-state index in [0.717, 1.165) is 22.8 Å². The van der Waals surface area contributed by atoms with Crippen molar-refractivity contribution in [1.29, 1.82) is 0 Å². The monoisotopic (exact) mass is 501 g/mol. The van der Waals surface area contributed by atoms with Crippen LogP contribution in [0.25, 0.3) is 21.9 Å². The Morgan fingerprint density at radius 1 is 1.22 bits per heavy atom. The van der Waals surface area contributed by atoms with Crippen LogP contribution in [0, 0.1) is 11.8 Å². The van der Waals surface area contributed by atoms with E-state index in [9.17, 15) is 19.5 Å². The van der Waals surface area contributed by atoms with E-state index in [4.69, 9.17) is 5.73 Å². The molecule has 37 heavy (non-hydrogen) atoms. The van der Waals surface area contributed by atoms with E-state index in [-0.39, 0.29) is 35.7 Å². The van der Waals surface area contributed by atoms with E-state index in [0.29, 0.717) is 30.2 Å². The van der Waals surface area contributed by atoms with Gasteiger partial charge in [0.1, 0.15) is 22.7 Å². The minimum atomic E-state index is -1.23. The first-order valence-electron chi connectivity index (χ1n) is 12.0. The zero-order valence-corrected chi connectivity index (χ0v) is 20.6. The van der Waals surface area contributed by atoms with Gasteiger partial charge in [0.25, 0.3) is 5.56 Å². The van der Waals surface area contributed by atoms with E-state index >= 15 is 0 Å². The molecular weight excluding hydrogens is 474 g/mol. The number of aromatic carboxylic acids is 1. The molecule has 0 amide bonds. The van der Waals surface area contributed by atoms with Crippen molar-refractivity contribution >= 4 is 33.7 Å². The Labute approximate surface area is 211 Å². The normalized spacial score (nSPS) is 15.6. The van der Waals surface area contributed by atoms with E-state index in [1.807, 2.05) is 29.2 Å². The highest BCUT2D eigenvalue weighted by Crippen LogP contribution is 2.32. The van der Waals surface area contributed by atoms with Gasteiger partial charge in [-0.05, 0) is 25.8 Å². The van der Waals surface area contributed by atoms with Gasteiger partial charge in [-0.25, -0.2) is 19.6 Å². The molecule has 1 saturated heterocycles. The van der Waals surface area contributed by atoms with Crippen LogP contribution in [0.4, 0.5) is 5.82 Å². The van der Waals surface area contributed by atoms with Gasteiger partial charge in [0.05, 0.1) is 24.1 Å². The number of carbonyl (C=O) groups is 1. The maximum Gasteiger partial charge on any atom is 0.341 e. The Bertz CT molecular complexity index is 1720. The Morgan fingerprint density at radius 2 is 2.00 bits per heavy atom. The van der Waals surface area contributed by atoms with Crippen LogP contribution in [0.15, 0.2) is 40.1 Å². The molecule has 1 aliphatic heterocycles. The molecule has 0 radical (unpaired) electrons. The molecule has 3 N–H and O–H groups in total. The molecule has 5 rings (SSSR count). The molecule has 0 unspecified atom stereocenters. The lowest BCUT2D eigenvalue weighted by Gasteiger charge is -2.33. The van der Waals surface area contributed by atoms with Crippen molar-refractivity contribution in [2.75, 3.05) is 18.0 Å². The number of piperidine rings is 1. The zero-order valence-electron chi connectivity index (χ0n) is 20.6. The number of hydrogen-bond donors (Lipinski definition) is 2. The summed E-state index contributed by atoms with van der Waals surface area (Å²) in [4.78, 5) is 50.6. The van der Waals surface area contributed by atoms with Gasteiger partial charge in [-0.15, -0.1) is 5.92 Å². The topological polar surface area (TPSA) is 141 Å². The quantitative estimate of drug-likeness (QED) is 0.388. The molecule has 190 valence electrons. The highest BCUT2D eigenvalue weighted by atomic mass is 16.4. The SMILES string of the molecule is CC#CCn1c(N2CCC[C@@H](N)C2)c(C(=O)O)c2c1c(=O)n(Cc1ncc3ccccc3n1)c(=O)n2C. The van der Waals surface area contributed by atoms with Gasteiger partial charge in [-0.3, -0.25) is 13.9 Å². The lowest BCUT2D eigenvalue weighted by molar-refractivity contribution is 0.0699. The molecule has 1 aliphatic rings. The summed E-state index contributed by atoms with van der Waals surface area (Å²) < 4.78 is 3.86. The summed E-state index contributed by atoms with van der Waals surface area (Å²) in [6.45, 7) is 2.61. The molecule has 3 aromatic heterocycles. The van der Waals surface area contributed by atoms with Gasteiger partial charge in [0, 0.05) is 37.8 Å². The van der Waals surface area contributed by atoms with E-state index < -0.39 is 17.2 Å². The molecular formula is C26H27N7O4. The number of carboxylic acids is 1. The molecule has 1 atom stereocenters. The van der Waals surface area contributed by atoms with Gasteiger partial charge in [-0.1, -0.05) is 24.1 Å². The predicted molar refractivity (Wildman–Crippen MR) is 140 cm³/mol. The highest BCUT2D eigenvalue weighted by Gasteiger charge is 2.32. The first kappa shape index (κ1) is 24.3. The Balaban J connectivity index is 1.78. The summed E-state index contributed by atoms with van der Waals surface area (Å²) in [6, 6.07) is 7.29. The summed E-state index contributed by atoms with van der Waals surface area (Å²) in [7, 11) is 1.47. The van der Waals surface area contributed by atoms with E-state index in [2.05, 4.69) is 21.8 Å². The van der Waals surface area contributed by atoms with Gasteiger partial charge in [0.15, 0.2) is 0 Å². The van der Waals surface area contributed by atoms with Crippen LogP contribution in [-0.4, -0.2) is 53.9 Å². The minimum absolute atomic E-state index is 0.0604. The molecule has 0 aliphatic carbocycles. The Kier molecular flexibility index (Phi) is 6.27. The first-order chi connectivity index (χ1) is 17.8. The van der Waals surface area contributed by atoms with Crippen molar-refractivity contribution in [2.45, 2.75) is 38.9 Å². The fourth-order valence-corrected chi connectivity index (χ4v) is 5.04. The molecule has 1 aromatic carbocycles. The van der Waals surface area contributed by atoms with Crippen LogP contribution in [0.5, 0.6) is 0 Å². The van der Waals surface area contributed by atoms with Crippen molar-refractivity contribution in [1.82, 2.24) is 23.7 Å². The minimum Gasteiger partial charge on any atom is -0.477 e. The third-order valence-electron chi connectivity index (χ3n) is 6.73. The number of aryl methyl sites for hydroxylation is 1. The summed E-state index contributed by atoms with van der Waals surface area (Å²) in [5.41, 5.74) is 5.67. The van der Waals surface area contributed by atoms with Crippen LogP contribution in [0.1, 0.15) is 35.9 Å². The Morgan fingerprint density at radius 3 is 2.73 bits per heavy atom. The molecule has 1 fully saturated rings. The first-order valence-corrected chi connectivity index (χ1v) is 12.0. The second kappa shape index (κ2) is 9.55. The third-order valence-corrected chi connectivity index (χ3v) is 6.73. The molecule has 11 heteroatoms. The van der Waals surface area contributed by atoms with Gasteiger partial charge in [-0.2, -0.15) is 0 Å². The summed E-state index contributed by atoms with van der Waals surface area (Å²) in [5, 5.41) is 11.1. The number of fused-ring (bicyclic) bond motifs is 2. The lowest BCUT2D eigenvalue weighted by atomic mass is 10.1. The average molecular weight is 502 g/mol. The molecule has 4 heterocycles. The predicted octanol–water partition coefficient (Wildman–Crippen LogP) is 1.14. The molecule has 0 spiro atoms. The van der Waals surface area contributed by atoms with Crippen molar-refractivity contribution in [3.8, 4) is 11.8 Å². The van der Waals surface area contributed by atoms with Crippen LogP contribution in [-0.2, 0) is 20.1 Å². The smallest absolute Gasteiger partial charge is 0.341 e. The fraction of sp³-hybridized carbons (Fsp3) is 0.346. The van der Waals surface area contributed by atoms with Crippen LogP contribution in [0.3, 0.4) is 0 Å². The second-order valence-electron chi connectivity index (χ2n) is 9.14. The van der Waals surface area contributed by atoms with Gasteiger partial charge < -0.3 is 20.3 Å². The van der Waals surface area contributed by atoms with Crippen LogP contribution < -0.4 is 21.9 Å². The molecule has 11 nitrogen and oxygen atoms in total. The summed E-state index contributed by atoms with van der Waals surface area (Å²) in [6.07, 6.45) is 3.25. The fourth-order valence-electron chi connectivity index (χ4n) is 5.04. The number of para-hydroxylation sites is 1. The van der Waals surface area contributed by atoms with Crippen molar-refractivity contribution in [3.05, 3.63) is 62.7 Å². The van der Waals surface area contributed by atoms with Crippen molar-refractivity contribution < 1.29 is 9.90 Å². The number of aromatic nitrogens is 5. The second-order valence-corrected chi connectivity index (χ2v) is 9.14. The Hall–Kier alpha value is -4.43. The van der Waals surface area contributed by atoms with Crippen LogP contribution >= 0.6 is 0 Å². The van der Waals surface area contributed by atoms with Crippen molar-refractivity contribution in [3.63, 3.8) is 0 Å². The van der Waals surface area contributed by atoms with Gasteiger partial charge >= 0.3 is 11.7 Å². The maximum absolute atomic E-state index is 13.9. The summed E-state index contributed by atoms with van der Waals surface area (Å²) in [5.74, 6) is 5.17.